The van der Waals surface area contributed by atoms with Gasteiger partial charge < -0.3 is 18.9 Å². The summed E-state index contributed by atoms with van der Waals surface area (Å²) in [5, 5.41) is 0. The highest BCUT2D eigenvalue weighted by Gasteiger charge is 2.54. The molecular formula is C16H20O4. The summed E-state index contributed by atoms with van der Waals surface area (Å²) in [4.78, 5) is 0. The molecule has 0 aliphatic carbocycles. The number of hydrogen-bond acceptors (Lipinski definition) is 4. The van der Waals surface area contributed by atoms with E-state index in [2.05, 4.69) is 6.58 Å². The third kappa shape index (κ3) is 2.65. The fourth-order valence-corrected chi connectivity index (χ4v) is 2.65. The number of rotatable bonds is 4. The van der Waals surface area contributed by atoms with Gasteiger partial charge in [0.2, 0.25) is 0 Å². The van der Waals surface area contributed by atoms with Gasteiger partial charge in [0.15, 0.2) is 12.1 Å². The highest BCUT2D eigenvalue weighted by atomic mass is 16.8. The molecule has 4 heteroatoms. The van der Waals surface area contributed by atoms with Crippen molar-refractivity contribution < 1.29 is 18.9 Å². The standard InChI is InChI=1S/C16H20O4/c1-4-12-13(17-10-11-8-6-5-7-9-11)14-15(18-12)20-16(2,3)19-14/h4-9,12-15H,1,10H2,2-3H3/t12-,13+,14-,15-/m0/s1. The Kier molecular flexibility index (Phi) is 3.65. The molecule has 0 saturated carbocycles. The summed E-state index contributed by atoms with van der Waals surface area (Å²) in [7, 11) is 0. The maximum atomic E-state index is 6.00. The van der Waals surface area contributed by atoms with Crippen LogP contribution in [0, 0.1) is 0 Å². The van der Waals surface area contributed by atoms with Crippen LogP contribution in [0.4, 0.5) is 0 Å². The predicted molar refractivity (Wildman–Crippen MR) is 73.9 cm³/mol. The summed E-state index contributed by atoms with van der Waals surface area (Å²) in [5.74, 6) is -0.629. The average Bonchev–Trinajstić information content (AvgIpc) is 2.89. The quantitative estimate of drug-likeness (QED) is 0.792. The van der Waals surface area contributed by atoms with Gasteiger partial charge in [-0.1, -0.05) is 36.4 Å². The van der Waals surface area contributed by atoms with Crippen LogP contribution >= 0.6 is 0 Å². The van der Waals surface area contributed by atoms with Crippen molar-refractivity contribution in [3.05, 3.63) is 48.6 Å². The lowest BCUT2D eigenvalue weighted by Crippen LogP contribution is -2.35. The van der Waals surface area contributed by atoms with Gasteiger partial charge in [0.05, 0.1) is 6.61 Å². The fourth-order valence-electron chi connectivity index (χ4n) is 2.65. The van der Waals surface area contributed by atoms with E-state index in [1.54, 1.807) is 6.08 Å². The van der Waals surface area contributed by atoms with E-state index in [-0.39, 0.29) is 24.6 Å². The Morgan fingerprint density at radius 3 is 2.70 bits per heavy atom. The largest absolute Gasteiger partial charge is 0.368 e. The third-order valence-corrected chi connectivity index (χ3v) is 3.54. The summed E-state index contributed by atoms with van der Waals surface area (Å²) in [6.45, 7) is 8.08. The Morgan fingerprint density at radius 2 is 2.00 bits per heavy atom. The van der Waals surface area contributed by atoms with Gasteiger partial charge in [-0.15, -0.1) is 6.58 Å². The summed E-state index contributed by atoms with van der Waals surface area (Å²) in [6, 6.07) is 10.0. The molecule has 4 nitrogen and oxygen atoms in total. The van der Waals surface area contributed by atoms with Gasteiger partial charge in [0.1, 0.15) is 18.3 Å². The van der Waals surface area contributed by atoms with Crippen molar-refractivity contribution in [1.29, 1.82) is 0 Å². The fraction of sp³-hybridized carbons (Fsp3) is 0.500. The lowest BCUT2D eigenvalue weighted by molar-refractivity contribution is -0.213. The smallest absolute Gasteiger partial charge is 0.190 e. The summed E-state index contributed by atoms with van der Waals surface area (Å²) >= 11 is 0. The minimum absolute atomic E-state index is 0.195. The third-order valence-electron chi connectivity index (χ3n) is 3.54. The van der Waals surface area contributed by atoms with Gasteiger partial charge in [-0.2, -0.15) is 0 Å². The van der Waals surface area contributed by atoms with Crippen molar-refractivity contribution in [2.24, 2.45) is 0 Å². The SMILES string of the molecule is C=C[C@@H]1O[C@H]2OC(C)(C)O[C@H]2[C@@H]1OCc1ccccc1. The van der Waals surface area contributed by atoms with Gasteiger partial charge in [-0.25, -0.2) is 0 Å². The molecule has 2 aliphatic rings. The van der Waals surface area contributed by atoms with Crippen molar-refractivity contribution in [2.75, 3.05) is 0 Å². The Balaban J connectivity index is 1.68. The summed E-state index contributed by atoms with van der Waals surface area (Å²) in [5.41, 5.74) is 1.12. The van der Waals surface area contributed by atoms with E-state index in [4.69, 9.17) is 18.9 Å². The van der Waals surface area contributed by atoms with Crippen LogP contribution in [-0.4, -0.2) is 30.4 Å². The van der Waals surface area contributed by atoms with Gasteiger partial charge >= 0.3 is 0 Å². The lowest BCUT2D eigenvalue weighted by atomic mass is 10.1. The maximum Gasteiger partial charge on any atom is 0.190 e. The normalized spacial score (nSPS) is 34.9. The molecule has 4 atom stereocenters. The molecule has 1 aromatic rings. The van der Waals surface area contributed by atoms with E-state index in [0.717, 1.165) is 5.56 Å². The molecule has 2 heterocycles. The molecule has 20 heavy (non-hydrogen) atoms. The Labute approximate surface area is 119 Å². The second-order valence-corrected chi connectivity index (χ2v) is 5.57. The highest BCUT2D eigenvalue weighted by Crippen LogP contribution is 2.39. The van der Waals surface area contributed by atoms with Crippen LogP contribution in [0.1, 0.15) is 19.4 Å². The average molecular weight is 276 g/mol. The van der Waals surface area contributed by atoms with E-state index < -0.39 is 5.79 Å². The van der Waals surface area contributed by atoms with Crippen LogP contribution in [0.5, 0.6) is 0 Å². The summed E-state index contributed by atoms with van der Waals surface area (Å²) < 4.78 is 23.4. The Hall–Kier alpha value is -1.20. The molecule has 0 spiro atoms. The second kappa shape index (κ2) is 5.30. The zero-order valence-electron chi connectivity index (χ0n) is 11.8. The molecule has 0 amide bonds. The molecule has 2 aliphatic heterocycles. The van der Waals surface area contributed by atoms with E-state index in [1.807, 2.05) is 44.2 Å². The molecule has 0 N–H and O–H groups in total. The van der Waals surface area contributed by atoms with Crippen molar-refractivity contribution >= 4 is 0 Å². The molecule has 1 aromatic carbocycles. The zero-order valence-corrected chi connectivity index (χ0v) is 11.8. The molecule has 0 bridgehead atoms. The van der Waals surface area contributed by atoms with Crippen molar-refractivity contribution in [3.63, 3.8) is 0 Å². The van der Waals surface area contributed by atoms with Crippen molar-refractivity contribution in [2.45, 2.75) is 50.8 Å². The van der Waals surface area contributed by atoms with Gasteiger partial charge in [-0.05, 0) is 19.4 Å². The van der Waals surface area contributed by atoms with E-state index >= 15 is 0 Å². The second-order valence-electron chi connectivity index (χ2n) is 5.57. The number of hydrogen-bond donors (Lipinski definition) is 0. The molecular weight excluding hydrogens is 256 g/mol. The predicted octanol–water partition coefficient (Wildman–Crippen LogP) is 2.63. The van der Waals surface area contributed by atoms with Crippen molar-refractivity contribution in [3.8, 4) is 0 Å². The Morgan fingerprint density at radius 1 is 1.25 bits per heavy atom. The number of benzene rings is 1. The van der Waals surface area contributed by atoms with E-state index in [9.17, 15) is 0 Å². The molecule has 108 valence electrons. The minimum atomic E-state index is -0.629. The lowest BCUT2D eigenvalue weighted by Gasteiger charge is -2.24. The molecule has 0 unspecified atom stereocenters. The van der Waals surface area contributed by atoms with Crippen LogP contribution in [0.3, 0.4) is 0 Å². The first-order valence-electron chi connectivity index (χ1n) is 6.88. The van der Waals surface area contributed by atoms with E-state index in [0.29, 0.717) is 6.61 Å². The topological polar surface area (TPSA) is 36.9 Å². The zero-order chi connectivity index (χ0) is 14.2. The molecule has 2 saturated heterocycles. The van der Waals surface area contributed by atoms with E-state index in [1.165, 1.54) is 0 Å². The van der Waals surface area contributed by atoms with Crippen LogP contribution in [-0.2, 0) is 25.6 Å². The minimum Gasteiger partial charge on any atom is -0.368 e. The number of ether oxygens (including phenoxy) is 4. The summed E-state index contributed by atoms with van der Waals surface area (Å²) in [6.07, 6.45) is 0.753. The van der Waals surface area contributed by atoms with Gasteiger partial charge in [0.25, 0.3) is 0 Å². The molecule has 0 aromatic heterocycles. The first-order chi connectivity index (χ1) is 9.59. The first kappa shape index (κ1) is 13.8. The van der Waals surface area contributed by atoms with Crippen LogP contribution in [0.15, 0.2) is 43.0 Å². The molecule has 0 radical (unpaired) electrons. The highest BCUT2D eigenvalue weighted by molar-refractivity contribution is 5.13. The van der Waals surface area contributed by atoms with Gasteiger partial charge in [-0.3, -0.25) is 0 Å². The van der Waals surface area contributed by atoms with Crippen LogP contribution in [0.25, 0.3) is 0 Å². The Bertz CT molecular complexity index is 471. The van der Waals surface area contributed by atoms with Crippen LogP contribution in [0.2, 0.25) is 0 Å². The monoisotopic (exact) mass is 276 g/mol. The van der Waals surface area contributed by atoms with Crippen LogP contribution < -0.4 is 0 Å². The number of fused-ring (bicyclic) bond motifs is 1. The maximum absolute atomic E-state index is 6.00. The van der Waals surface area contributed by atoms with Crippen molar-refractivity contribution in [1.82, 2.24) is 0 Å². The molecule has 3 rings (SSSR count). The molecule has 2 fully saturated rings. The van der Waals surface area contributed by atoms with Gasteiger partial charge in [0, 0.05) is 0 Å². The first-order valence-corrected chi connectivity index (χ1v) is 6.88.